The van der Waals surface area contributed by atoms with Crippen molar-refractivity contribution < 1.29 is 27.1 Å². The van der Waals surface area contributed by atoms with E-state index in [4.69, 9.17) is 9.47 Å². The highest BCUT2D eigenvalue weighted by molar-refractivity contribution is 7.89. The van der Waals surface area contributed by atoms with Crippen LogP contribution >= 0.6 is 0 Å². The predicted molar refractivity (Wildman–Crippen MR) is 88.3 cm³/mol. The molecule has 0 bridgehead atoms. The van der Waals surface area contributed by atoms with Crippen LogP contribution in [0.5, 0.6) is 5.75 Å². The van der Waals surface area contributed by atoms with E-state index in [1.165, 1.54) is 42.4 Å². The maximum Gasteiger partial charge on any atom is 0.324 e. The molecular weight excluding hydrogens is 365 g/mol. The number of hydrogen-bond acceptors (Lipinski definition) is 6. The van der Waals surface area contributed by atoms with Gasteiger partial charge in [-0.25, -0.2) is 17.8 Å². The molecule has 2 atom stereocenters. The van der Waals surface area contributed by atoms with Gasteiger partial charge in [0.2, 0.25) is 0 Å². The van der Waals surface area contributed by atoms with Crippen LogP contribution in [0, 0.1) is 5.82 Å². The third-order valence-corrected chi connectivity index (χ3v) is 5.84. The number of esters is 1. The Hall–Kier alpha value is -2.46. The fourth-order valence-electron chi connectivity index (χ4n) is 2.83. The predicted octanol–water partition coefficient (Wildman–Crippen LogP) is 0.943. The van der Waals surface area contributed by atoms with Gasteiger partial charge < -0.3 is 14.0 Å². The van der Waals surface area contributed by atoms with Crippen LogP contribution in [-0.4, -0.2) is 54.0 Å². The number of benzene rings is 1. The van der Waals surface area contributed by atoms with Crippen molar-refractivity contribution in [2.75, 3.05) is 13.7 Å². The minimum Gasteiger partial charge on any atom is -0.486 e. The molecule has 0 spiro atoms. The molecule has 26 heavy (non-hydrogen) atoms. The SMILES string of the molecule is COC(=O)[C@@H]1C[C@H](Oc2ccccc2F)CN1S(=O)(=O)c1cn(C)cn1. The van der Waals surface area contributed by atoms with Crippen LogP contribution in [0.2, 0.25) is 0 Å². The molecule has 0 amide bonds. The molecular formula is C16H18FN3O5S. The Morgan fingerprint density at radius 3 is 2.69 bits per heavy atom. The number of methoxy groups -OCH3 is 1. The van der Waals surface area contributed by atoms with E-state index in [1.807, 2.05) is 0 Å². The van der Waals surface area contributed by atoms with Crippen LogP contribution in [-0.2, 0) is 26.6 Å². The van der Waals surface area contributed by atoms with Crippen molar-refractivity contribution in [3.05, 3.63) is 42.6 Å². The van der Waals surface area contributed by atoms with E-state index in [0.717, 1.165) is 4.31 Å². The molecule has 0 N–H and O–H groups in total. The highest BCUT2D eigenvalue weighted by atomic mass is 32.2. The smallest absolute Gasteiger partial charge is 0.324 e. The number of halogens is 1. The zero-order chi connectivity index (χ0) is 18.9. The maximum absolute atomic E-state index is 13.8. The van der Waals surface area contributed by atoms with Crippen molar-refractivity contribution in [2.45, 2.75) is 23.6 Å². The monoisotopic (exact) mass is 383 g/mol. The lowest BCUT2D eigenvalue weighted by Gasteiger charge is -2.20. The van der Waals surface area contributed by atoms with Crippen molar-refractivity contribution in [3.8, 4) is 5.75 Å². The lowest BCUT2D eigenvalue weighted by Crippen LogP contribution is -2.41. The van der Waals surface area contributed by atoms with Crippen molar-refractivity contribution >= 4 is 16.0 Å². The number of ether oxygens (including phenoxy) is 2. The summed E-state index contributed by atoms with van der Waals surface area (Å²) in [5, 5.41) is -0.180. The quantitative estimate of drug-likeness (QED) is 0.714. The molecule has 1 aromatic carbocycles. The summed E-state index contributed by atoms with van der Waals surface area (Å²) in [7, 11) is -1.21. The minimum atomic E-state index is -4.03. The molecule has 1 fully saturated rings. The van der Waals surface area contributed by atoms with Crippen LogP contribution in [0.15, 0.2) is 41.8 Å². The zero-order valence-corrected chi connectivity index (χ0v) is 15.0. The molecule has 1 aliphatic heterocycles. The Balaban J connectivity index is 1.88. The number of nitrogens with zero attached hydrogens (tertiary/aromatic N) is 3. The van der Waals surface area contributed by atoms with Crippen molar-refractivity contribution in [3.63, 3.8) is 0 Å². The third-order valence-electron chi connectivity index (χ3n) is 4.08. The topological polar surface area (TPSA) is 90.7 Å². The highest BCUT2D eigenvalue weighted by Crippen LogP contribution is 2.29. The highest BCUT2D eigenvalue weighted by Gasteiger charge is 2.46. The fourth-order valence-corrected chi connectivity index (χ4v) is 4.42. The van der Waals surface area contributed by atoms with E-state index >= 15 is 0 Å². The first-order valence-corrected chi connectivity index (χ1v) is 9.25. The van der Waals surface area contributed by atoms with Gasteiger partial charge in [-0.2, -0.15) is 4.31 Å². The third kappa shape index (κ3) is 3.42. The summed E-state index contributed by atoms with van der Waals surface area (Å²) in [6.45, 7) is -0.118. The van der Waals surface area contributed by atoms with E-state index < -0.39 is 34.0 Å². The second-order valence-corrected chi connectivity index (χ2v) is 7.73. The minimum absolute atomic E-state index is 0.00167. The molecule has 1 saturated heterocycles. The number of hydrogen-bond donors (Lipinski definition) is 0. The maximum atomic E-state index is 13.8. The van der Waals surface area contributed by atoms with Gasteiger partial charge in [-0.15, -0.1) is 0 Å². The number of para-hydroxylation sites is 1. The van der Waals surface area contributed by atoms with Gasteiger partial charge in [0.25, 0.3) is 10.0 Å². The summed E-state index contributed by atoms with van der Waals surface area (Å²) >= 11 is 0. The normalized spacial score (nSPS) is 20.9. The van der Waals surface area contributed by atoms with Gasteiger partial charge in [-0.3, -0.25) is 4.79 Å². The van der Waals surface area contributed by atoms with E-state index in [-0.39, 0.29) is 23.7 Å². The first-order chi connectivity index (χ1) is 12.3. The van der Waals surface area contributed by atoms with Crippen LogP contribution in [0.4, 0.5) is 4.39 Å². The first kappa shape index (κ1) is 18.3. The van der Waals surface area contributed by atoms with Crippen molar-refractivity contribution in [2.24, 2.45) is 7.05 Å². The number of carbonyl (C=O) groups is 1. The Labute approximate surface area is 150 Å². The average molecular weight is 383 g/mol. The molecule has 0 unspecified atom stereocenters. The number of imidazole rings is 1. The molecule has 8 nitrogen and oxygen atoms in total. The largest absolute Gasteiger partial charge is 0.486 e. The molecule has 0 aliphatic carbocycles. The Morgan fingerprint density at radius 2 is 2.08 bits per heavy atom. The van der Waals surface area contributed by atoms with Crippen molar-refractivity contribution in [1.29, 1.82) is 0 Å². The zero-order valence-electron chi connectivity index (χ0n) is 14.2. The van der Waals surface area contributed by atoms with Crippen LogP contribution in [0.25, 0.3) is 0 Å². The molecule has 2 aromatic rings. The molecule has 0 saturated carbocycles. The van der Waals surface area contributed by atoms with E-state index in [0.29, 0.717) is 0 Å². The number of sulfonamides is 1. The van der Waals surface area contributed by atoms with E-state index in [1.54, 1.807) is 13.1 Å². The summed E-state index contributed by atoms with van der Waals surface area (Å²) in [6, 6.07) is 4.74. The van der Waals surface area contributed by atoms with Gasteiger partial charge in [0.1, 0.15) is 12.1 Å². The van der Waals surface area contributed by atoms with Gasteiger partial charge in [-0.05, 0) is 12.1 Å². The summed E-state index contributed by atoms with van der Waals surface area (Å²) in [5.41, 5.74) is 0. The van der Waals surface area contributed by atoms with Gasteiger partial charge in [0, 0.05) is 19.7 Å². The average Bonchev–Trinajstić information content (AvgIpc) is 3.23. The fraction of sp³-hybridized carbons (Fsp3) is 0.375. The summed E-state index contributed by atoms with van der Waals surface area (Å²) in [6.07, 6.45) is 2.04. The standard InChI is InChI=1S/C16H18FN3O5S/c1-19-9-15(18-10-19)26(22,23)20-8-11(7-13(20)16(21)24-2)25-14-6-4-3-5-12(14)17/h3-6,9-11,13H,7-8H2,1-2H3/t11-,13-/m0/s1. The van der Waals surface area contributed by atoms with Crippen LogP contribution in [0.1, 0.15) is 6.42 Å². The van der Waals surface area contributed by atoms with Gasteiger partial charge in [0.05, 0.1) is 20.0 Å². The van der Waals surface area contributed by atoms with E-state index in [9.17, 15) is 17.6 Å². The molecule has 1 aromatic heterocycles. The molecule has 140 valence electrons. The lowest BCUT2D eigenvalue weighted by atomic mass is 10.2. The number of aromatic nitrogens is 2. The van der Waals surface area contributed by atoms with Crippen molar-refractivity contribution in [1.82, 2.24) is 13.9 Å². The first-order valence-electron chi connectivity index (χ1n) is 7.81. The lowest BCUT2D eigenvalue weighted by molar-refractivity contribution is -0.144. The van der Waals surface area contributed by atoms with Crippen LogP contribution < -0.4 is 4.74 Å². The molecule has 0 radical (unpaired) electrons. The van der Waals surface area contributed by atoms with Gasteiger partial charge in [0.15, 0.2) is 16.6 Å². The summed E-state index contributed by atoms with van der Waals surface area (Å²) in [5.74, 6) is -1.27. The van der Waals surface area contributed by atoms with E-state index in [2.05, 4.69) is 4.98 Å². The Morgan fingerprint density at radius 1 is 1.35 bits per heavy atom. The second kappa shape index (κ2) is 7.04. The summed E-state index contributed by atoms with van der Waals surface area (Å²) < 4.78 is 52.3. The molecule has 1 aliphatic rings. The molecule has 2 heterocycles. The number of rotatable bonds is 5. The number of aryl methyl sites for hydroxylation is 1. The van der Waals surface area contributed by atoms with Gasteiger partial charge in [-0.1, -0.05) is 12.1 Å². The second-order valence-electron chi connectivity index (χ2n) is 5.90. The Bertz CT molecular complexity index is 914. The Kier molecular flexibility index (Phi) is 4.97. The molecule has 3 rings (SSSR count). The summed E-state index contributed by atoms with van der Waals surface area (Å²) in [4.78, 5) is 15.9. The number of carbonyl (C=O) groups excluding carboxylic acids is 1. The molecule has 10 heteroatoms. The van der Waals surface area contributed by atoms with Gasteiger partial charge >= 0.3 is 5.97 Å². The van der Waals surface area contributed by atoms with Crippen LogP contribution in [0.3, 0.4) is 0 Å².